The third kappa shape index (κ3) is 3.23. The Balaban J connectivity index is 1.48. The van der Waals surface area contributed by atoms with Crippen molar-refractivity contribution in [3.8, 4) is 11.5 Å². The van der Waals surface area contributed by atoms with Gasteiger partial charge >= 0.3 is 0 Å². The Morgan fingerprint density at radius 3 is 2.72 bits per heavy atom. The minimum atomic E-state index is -0.0464. The third-order valence-electron chi connectivity index (χ3n) is 4.48. The number of hydrogen-bond donors (Lipinski definition) is 2. The first-order valence-electron chi connectivity index (χ1n) is 8.47. The molecule has 0 fully saturated rings. The lowest BCUT2D eigenvalue weighted by Crippen LogP contribution is -2.20. The van der Waals surface area contributed by atoms with E-state index < -0.39 is 0 Å². The van der Waals surface area contributed by atoms with Crippen molar-refractivity contribution >= 4 is 10.9 Å². The molecule has 1 aliphatic rings. The molecule has 0 unspecified atom stereocenters. The van der Waals surface area contributed by atoms with Crippen LogP contribution in [-0.4, -0.2) is 11.8 Å². The largest absolute Gasteiger partial charge is 0.454 e. The zero-order valence-electron chi connectivity index (χ0n) is 14.1. The maximum atomic E-state index is 12.3. The summed E-state index contributed by atoms with van der Waals surface area (Å²) in [5.41, 5.74) is 3.92. The normalized spacial score (nSPS) is 12.7. The number of hydrogen-bond acceptors (Lipinski definition) is 4. The minimum Gasteiger partial charge on any atom is -0.454 e. The van der Waals surface area contributed by atoms with E-state index in [1.807, 2.05) is 30.3 Å². The van der Waals surface area contributed by atoms with Crippen molar-refractivity contribution in [3.63, 3.8) is 0 Å². The second-order valence-corrected chi connectivity index (χ2v) is 6.19. The van der Waals surface area contributed by atoms with Gasteiger partial charge in [-0.25, -0.2) is 0 Å². The van der Waals surface area contributed by atoms with Crippen LogP contribution in [0.2, 0.25) is 0 Å². The van der Waals surface area contributed by atoms with Crippen LogP contribution >= 0.6 is 0 Å². The highest BCUT2D eigenvalue weighted by Crippen LogP contribution is 2.32. The molecule has 0 saturated heterocycles. The van der Waals surface area contributed by atoms with Crippen molar-refractivity contribution in [3.05, 3.63) is 69.5 Å². The standard InChI is InChI=1S/C20H20N2O3/c1-2-13-3-5-17-15(7-13)9-16(20(23)22-17)11-21-10-14-4-6-18-19(8-14)25-12-24-18/h3-9,21H,2,10-12H2,1H3,(H,22,23). The molecule has 0 spiro atoms. The number of benzene rings is 2. The van der Waals surface area contributed by atoms with Gasteiger partial charge in [0.1, 0.15) is 0 Å². The fourth-order valence-corrected chi connectivity index (χ4v) is 3.04. The number of H-pyrrole nitrogens is 1. The highest BCUT2D eigenvalue weighted by atomic mass is 16.7. The van der Waals surface area contributed by atoms with Gasteiger partial charge in [-0.3, -0.25) is 4.79 Å². The van der Waals surface area contributed by atoms with Gasteiger partial charge in [-0.15, -0.1) is 0 Å². The molecule has 0 bridgehead atoms. The Morgan fingerprint density at radius 2 is 1.84 bits per heavy atom. The van der Waals surface area contributed by atoms with Crippen molar-refractivity contribution < 1.29 is 9.47 Å². The number of rotatable bonds is 5. The molecule has 25 heavy (non-hydrogen) atoms. The first kappa shape index (κ1) is 15.7. The van der Waals surface area contributed by atoms with Crippen LogP contribution in [0.3, 0.4) is 0 Å². The number of nitrogens with one attached hydrogen (secondary N) is 2. The average molecular weight is 336 g/mol. The van der Waals surface area contributed by atoms with Crippen LogP contribution in [0.15, 0.2) is 47.3 Å². The summed E-state index contributed by atoms with van der Waals surface area (Å²) in [7, 11) is 0. The summed E-state index contributed by atoms with van der Waals surface area (Å²) in [6.07, 6.45) is 0.979. The maximum Gasteiger partial charge on any atom is 0.252 e. The zero-order chi connectivity index (χ0) is 17.2. The number of fused-ring (bicyclic) bond motifs is 2. The summed E-state index contributed by atoms with van der Waals surface area (Å²) in [4.78, 5) is 15.2. The Kier molecular flexibility index (Phi) is 4.15. The number of aromatic amines is 1. The van der Waals surface area contributed by atoms with Crippen LogP contribution in [0.4, 0.5) is 0 Å². The molecule has 5 nitrogen and oxygen atoms in total. The van der Waals surface area contributed by atoms with Gasteiger partial charge in [0.05, 0.1) is 0 Å². The lowest BCUT2D eigenvalue weighted by Gasteiger charge is -2.07. The molecule has 0 atom stereocenters. The molecule has 2 heterocycles. The highest BCUT2D eigenvalue weighted by Gasteiger charge is 2.13. The fourth-order valence-electron chi connectivity index (χ4n) is 3.04. The van der Waals surface area contributed by atoms with Crippen LogP contribution in [0.25, 0.3) is 10.9 Å². The Hall–Kier alpha value is -2.79. The minimum absolute atomic E-state index is 0.0464. The molecule has 0 aliphatic carbocycles. The second kappa shape index (κ2) is 6.61. The molecular weight excluding hydrogens is 316 g/mol. The molecule has 0 saturated carbocycles. The molecule has 5 heteroatoms. The lowest BCUT2D eigenvalue weighted by atomic mass is 10.1. The van der Waals surface area contributed by atoms with Crippen LogP contribution < -0.4 is 20.3 Å². The zero-order valence-corrected chi connectivity index (χ0v) is 14.1. The molecular formula is C20H20N2O3. The van der Waals surface area contributed by atoms with E-state index in [2.05, 4.69) is 29.4 Å². The van der Waals surface area contributed by atoms with Gasteiger partial charge in [0, 0.05) is 24.2 Å². The molecule has 0 radical (unpaired) electrons. The summed E-state index contributed by atoms with van der Waals surface area (Å²) < 4.78 is 10.7. The van der Waals surface area contributed by atoms with Gasteiger partial charge in [0.15, 0.2) is 11.5 Å². The Bertz CT molecular complexity index is 978. The summed E-state index contributed by atoms with van der Waals surface area (Å²) in [5.74, 6) is 1.55. The summed E-state index contributed by atoms with van der Waals surface area (Å²) in [5, 5.41) is 4.40. The van der Waals surface area contributed by atoms with E-state index >= 15 is 0 Å². The molecule has 3 aromatic rings. The second-order valence-electron chi connectivity index (χ2n) is 6.19. The first-order chi connectivity index (χ1) is 12.2. The van der Waals surface area contributed by atoms with E-state index in [4.69, 9.17) is 9.47 Å². The monoisotopic (exact) mass is 336 g/mol. The van der Waals surface area contributed by atoms with E-state index in [0.717, 1.165) is 39.9 Å². The predicted molar refractivity (Wildman–Crippen MR) is 97.1 cm³/mol. The molecule has 2 aromatic carbocycles. The number of aryl methyl sites for hydroxylation is 1. The van der Waals surface area contributed by atoms with E-state index in [0.29, 0.717) is 13.1 Å². The smallest absolute Gasteiger partial charge is 0.252 e. The third-order valence-corrected chi connectivity index (χ3v) is 4.48. The van der Waals surface area contributed by atoms with Gasteiger partial charge in [-0.2, -0.15) is 0 Å². The number of pyridine rings is 1. The van der Waals surface area contributed by atoms with Crippen LogP contribution in [0.1, 0.15) is 23.6 Å². The topological polar surface area (TPSA) is 63.4 Å². The van der Waals surface area contributed by atoms with Crippen molar-refractivity contribution in [2.75, 3.05) is 6.79 Å². The van der Waals surface area contributed by atoms with Gasteiger partial charge in [0.2, 0.25) is 6.79 Å². The van der Waals surface area contributed by atoms with Crippen molar-refractivity contribution in [1.29, 1.82) is 0 Å². The molecule has 2 N–H and O–H groups in total. The number of ether oxygens (including phenoxy) is 2. The van der Waals surface area contributed by atoms with Gasteiger partial charge in [-0.05, 0) is 53.3 Å². The fraction of sp³-hybridized carbons (Fsp3) is 0.250. The van der Waals surface area contributed by atoms with Gasteiger partial charge < -0.3 is 19.8 Å². The SMILES string of the molecule is CCc1ccc2[nH]c(=O)c(CNCc3ccc4c(c3)OCO4)cc2c1. The summed E-state index contributed by atoms with van der Waals surface area (Å²) in [6.45, 7) is 3.57. The summed E-state index contributed by atoms with van der Waals surface area (Å²) in [6, 6.07) is 14.0. The van der Waals surface area contributed by atoms with Crippen molar-refractivity contribution in [1.82, 2.24) is 10.3 Å². The van der Waals surface area contributed by atoms with E-state index in [9.17, 15) is 4.79 Å². The molecule has 128 valence electrons. The van der Waals surface area contributed by atoms with Crippen molar-refractivity contribution in [2.24, 2.45) is 0 Å². The highest BCUT2D eigenvalue weighted by molar-refractivity contribution is 5.79. The van der Waals surface area contributed by atoms with Crippen LogP contribution in [0, 0.1) is 0 Å². The lowest BCUT2D eigenvalue weighted by molar-refractivity contribution is 0.174. The average Bonchev–Trinajstić information content (AvgIpc) is 3.09. The molecule has 1 aliphatic heterocycles. The van der Waals surface area contributed by atoms with E-state index in [-0.39, 0.29) is 12.4 Å². The number of aromatic nitrogens is 1. The quantitative estimate of drug-likeness (QED) is 0.751. The Morgan fingerprint density at radius 1 is 1.00 bits per heavy atom. The van der Waals surface area contributed by atoms with Crippen LogP contribution in [0.5, 0.6) is 11.5 Å². The van der Waals surface area contributed by atoms with Gasteiger partial charge in [-0.1, -0.05) is 19.1 Å². The van der Waals surface area contributed by atoms with Crippen LogP contribution in [-0.2, 0) is 19.5 Å². The molecule has 4 rings (SSSR count). The van der Waals surface area contributed by atoms with Crippen molar-refractivity contribution in [2.45, 2.75) is 26.4 Å². The first-order valence-corrected chi connectivity index (χ1v) is 8.47. The van der Waals surface area contributed by atoms with E-state index in [1.54, 1.807) is 0 Å². The van der Waals surface area contributed by atoms with Gasteiger partial charge in [0.25, 0.3) is 5.56 Å². The van der Waals surface area contributed by atoms with E-state index in [1.165, 1.54) is 5.56 Å². The molecule has 1 aromatic heterocycles. The maximum absolute atomic E-state index is 12.3. The predicted octanol–water partition coefficient (Wildman–Crippen LogP) is 3.11. The molecule has 0 amide bonds. The Labute approximate surface area is 145 Å². The summed E-state index contributed by atoms with van der Waals surface area (Å²) >= 11 is 0.